The maximum absolute atomic E-state index is 8.94. The van der Waals surface area contributed by atoms with Crippen LogP contribution >= 0.6 is 0 Å². The summed E-state index contributed by atoms with van der Waals surface area (Å²) in [7, 11) is 0. The van der Waals surface area contributed by atoms with Crippen LogP contribution < -0.4 is 0 Å². The Labute approximate surface area is 82.0 Å². The van der Waals surface area contributed by atoms with Gasteiger partial charge in [0.05, 0.1) is 0 Å². The summed E-state index contributed by atoms with van der Waals surface area (Å²) in [6.45, 7) is 4.82. The minimum atomic E-state index is 0.303. The first-order chi connectivity index (χ1) is 6.24. The quantitative estimate of drug-likeness (QED) is 0.573. The van der Waals surface area contributed by atoms with Crippen LogP contribution in [0.5, 0.6) is 0 Å². The lowest BCUT2D eigenvalue weighted by atomic mass is 9.97. The lowest BCUT2D eigenvalue weighted by Crippen LogP contribution is -2.05. The van der Waals surface area contributed by atoms with Crippen LogP contribution in [-0.4, -0.2) is 23.4 Å². The molecule has 0 aliphatic rings. The van der Waals surface area contributed by atoms with E-state index in [2.05, 4.69) is 13.8 Å². The van der Waals surface area contributed by atoms with Crippen molar-refractivity contribution in [1.82, 2.24) is 0 Å². The van der Waals surface area contributed by atoms with Gasteiger partial charge in [0.25, 0.3) is 0 Å². The lowest BCUT2D eigenvalue weighted by molar-refractivity contribution is 0.205. The van der Waals surface area contributed by atoms with Crippen LogP contribution in [0, 0.1) is 11.8 Å². The Hall–Kier alpha value is -0.0800. The van der Waals surface area contributed by atoms with Crippen molar-refractivity contribution in [2.75, 3.05) is 13.2 Å². The second-order valence-electron chi connectivity index (χ2n) is 4.03. The Morgan fingerprint density at radius 1 is 1.00 bits per heavy atom. The molecule has 0 aromatic rings. The van der Waals surface area contributed by atoms with E-state index in [1.165, 1.54) is 12.8 Å². The van der Waals surface area contributed by atoms with Crippen molar-refractivity contribution >= 4 is 0 Å². The third-order valence-corrected chi connectivity index (χ3v) is 2.71. The molecule has 0 aliphatic heterocycles. The zero-order valence-electron chi connectivity index (χ0n) is 9.00. The Bertz CT molecular complexity index is 100. The van der Waals surface area contributed by atoms with Crippen molar-refractivity contribution in [3.63, 3.8) is 0 Å². The van der Waals surface area contributed by atoms with E-state index in [9.17, 15) is 0 Å². The number of hydrogen-bond acceptors (Lipinski definition) is 2. The summed E-state index contributed by atoms with van der Waals surface area (Å²) in [4.78, 5) is 0. The molecule has 0 spiro atoms. The molecule has 0 saturated heterocycles. The molecular weight excluding hydrogens is 164 g/mol. The van der Waals surface area contributed by atoms with Gasteiger partial charge >= 0.3 is 0 Å². The van der Waals surface area contributed by atoms with Crippen molar-refractivity contribution in [2.24, 2.45) is 11.8 Å². The van der Waals surface area contributed by atoms with Gasteiger partial charge in [0, 0.05) is 13.2 Å². The zero-order chi connectivity index (χ0) is 10.1. The molecular formula is C11H24O2. The van der Waals surface area contributed by atoms with Gasteiger partial charge in [-0.2, -0.15) is 0 Å². The average molecular weight is 188 g/mol. The first-order valence-electron chi connectivity index (χ1n) is 5.46. The maximum atomic E-state index is 8.94. The van der Waals surface area contributed by atoms with Crippen molar-refractivity contribution < 1.29 is 10.2 Å². The third-order valence-electron chi connectivity index (χ3n) is 2.71. The minimum Gasteiger partial charge on any atom is -0.396 e. The van der Waals surface area contributed by atoms with E-state index in [4.69, 9.17) is 10.2 Å². The molecule has 0 radical (unpaired) electrons. The predicted octanol–water partition coefficient (Wildman–Crippen LogP) is 2.19. The van der Waals surface area contributed by atoms with Gasteiger partial charge in [-0.3, -0.25) is 0 Å². The van der Waals surface area contributed by atoms with Gasteiger partial charge in [-0.05, 0) is 24.7 Å². The second kappa shape index (κ2) is 8.52. The Morgan fingerprint density at radius 2 is 1.62 bits per heavy atom. The zero-order valence-corrected chi connectivity index (χ0v) is 9.00. The molecule has 2 nitrogen and oxygen atoms in total. The van der Waals surface area contributed by atoms with Gasteiger partial charge in [0.15, 0.2) is 0 Å². The van der Waals surface area contributed by atoms with Crippen molar-refractivity contribution in [3.05, 3.63) is 0 Å². The van der Waals surface area contributed by atoms with E-state index >= 15 is 0 Å². The predicted molar refractivity (Wildman–Crippen MR) is 55.6 cm³/mol. The smallest absolute Gasteiger partial charge is 0.0459 e. The lowest BCUT2D eigenvalue weighted by Gasteiger charge is -2.11. The van der Waals surface area contributed by atoms with Gasteiger partial charge in [0.1, 0.15) is 0 Å². The summed E-state index contributed by atoms with van der Waals surface area (Å²) in [6.07, 6.45) is 5.68. The first kappa shape index (κ1) is 12.9. The monoisotopic (exact) mass is 188 g/mol. The Balaban J connectivity index is 3.23. The van der Waals surface area contributed by atoms with Crippen LogP contribution in [0.4, 0.5) is 0 Å². The van der Waals surface area contributed by atoms with Crippen molar-refractivity contribution in [3.8, 4) is 0 Å². The molecule has 2 unspecified atom stereocenters. The SMILES string of the molecule is CCC(CO)CCCCC(C)CO. The minimum absolute atomic E-state index is 0.303. The molecule has 0 saturated carbocycles. The molecule has 0 heterocycles. The molecule has 0 aromatic heterocycles. The highest BCUT2D eigenvalue weighted by Crippen LogP contribution is 2.14. The maximum Gasteiger partial charge on any atom is 0.0459 e. The van der Waals surface area contributed by atoms with E-state index in [1.807, 2.05) is 0 Å². The normalized spacial score (nSPS) is 15.7. The molecule has 0 aliphatic carbocycles. The highest BCUT2D eigenvalue weighted by molar-refractivity contribution is 4.57. The van der Waals surface area contributed by atoms with Gasteiger partial charge < -0.3 is 10.2 Å². The van der Waals surface area contributed by atoms with Crippen LogP contribution in [0.25, 0.3) is 0 Å². The molecule has 2 heteroatoms. The summed E-state index contributed by atoms with van der Waals surface area (Å²) in [6, 6.07) is 0. The molecule has 0 bridgehead atoms. The molecule has 0 fully saturated rings. The van der Waals surface area contributed by atoms with Crippen LogP contribution in [-0.2, 0) is 0 Å². The molecule has 0 aromatic carbocycles. The summed E-state index contributed by atoms with van der Waals surface area (Å²) in [5, 5.41) is 17.7. The molecule has 2 N–H and O–H groups in total. The Morgan fingerprint density at radius 3 is 2.08 bits per heavy atom. The summed E-state index contributed by atoms with van der Waals surface area (Å²) in [5.41, 5.74) is 0. The number of aliphatic hydroxyl groups excluding tert-OH is 2. The number of hydrogen-bond donors (Lipinski definition) is 2. The van der Waals surface area contributed by atoms with Crippen molar-refractivity contribution in [2.45, 2.75) is 46.0 Å². The topological polar surface area (TPSA) is 40.5 Å². The summed E-state index contributed by atoms with van der Waals surface area (Å²) < 4.78 is 0. The summed E-state index contributed by atoms with van der Waals surface area (Å²) in [5.74, 6) is 0.929. The highest BCUT2D eigenvalue weighted by Gasteiger charge is 2.04. The van der Waals surface area contributed by atoms with E-state index in [0.29, 0.717) is 25.0 Å². The summed E-state index contributed by atoms with van der Waals surface area (Å²) >= 11 is 0. The van der Waals surface area contributed by atoms with Crippen LogP contribution in [0.2, 0.25) is 0 Å². The van der Waals surface area contributed by atoms with Gasteiger partial charge in [-0.25, -0.2) is 0 Å². The van der Waals surface area contributed by atoms with E-state index in [-0.39, 0.29) is 0 Å². The van der Waals surface area contributed by atoms with E-state index in [0.717, 1.165) is 19.3 Å². The average Bonchev–Trinajstić information content (AvgIpc) is 2.18. The molecule has 0 amide bonds. The largest absolute Gasteiger partial charge is 0.396 e. The molecule has 0 rings (SSSR count). The Kier molecular flexibility index (Phi) is 8.46. The number of rotatable bonds is 8. The second-order valence-corrected chi connectivity index (χ2v) is 4.03. The molecule has 2 atom stereocenters. The molecule has 80 valence electrons. The van der Waals surface area contributed by atoms with Crippen LogP contribution in [0.3, 0.4) is 0 Å². The fourth-order valence-electron chi connectivity index (χ4n) is 1.44. The van der Waals surface area contributed by atoms with Crippen LogP contribution in [0.15, 0.2) is 0 Å². The number of unbranched alkanes of at least 4 members (excludes halogenated alkanes) is 1. The van der Waals surface area contributed by atoms with Crippen molar-refractivity contribution in [1.29, 1.82) is 0 Å². The van der Waals surface area contributed by atoms with E-state index in [1.54, 1.807) is 0 Å². The fourth-order valence-corrected chi connectivity index (χ4v) is 1.44. The fraction of sp³-hybridized carbons (Fsp3) is 1.00. The standard InChI is InChI=1S/C11H24O2/c1-3-11(9-13)7-5-4-6-10(2)8-12/h10-13H,3-9H2,1-2H3. The van der Waals surface area contributed by atoms with E-state index < -0.39 is 0 Å². The highest BCUT2D eigenvalue weighted by atomic mass is 16.3. The van der Waals surface area contributed by atoms with Crippen LogP contribution in [0.1, 0.15) is 46.0 Å². The third kappa shape index (κ3) is 7.03. The van der Waals surface area contributed by atoms with Gasteiger partial charge in [-0.15, -0.1) is 0 Å². The molecule has 13 heavy (non-hydrogen) atoms. The first-order valence-corrected chi connectivity index (χ1v) is 5.46. The van der Waals surface area contributed by atoms with Gasteiger partial charge in [0.2, 0.25) is 0 Å². The number of aliphatic hydroxyl groups is 2. The van der Waals surface area contributed by atoms with Gasteiger partial charge in [-0.1, -0.05) is 33.1 Å².